The number of esters is 2. The van der Waals surface area contributed by atoms with Gasteiger partial charge >= 0.3 is 11.9 Å². The highest BCUT2D eigenvalue weighted by atomic mass is 16.7. The molecule has 0 bridgehead atoms. The Kier molecular flexibility index (Phi) is 7.17. The number of hydroxylamine groups is 1. The Morgan fingerprint density at radius 2 is 1.43 bits per heavy atom. The van der Waals surface area contributed by atoms with Crippen LogP contribution in [0.2, 0.25) is 0 Å². The Morgan fingerprint density at radius 3 is 1.97 bits per heavy atom. The minimum Gasteiger partial charge on any atom is -0.497 e. The standard InChI is InChI=1S/C28H27NO6/c1-32-24-16-14-20(15-17-24)18-22-19-35-29(23-12-8-5-9-13-23)25(21-10-6-4-7-11-21)28(22,26(30)33-2)27(31)34-3/h4-18,25H,19H2,1-3H3/b22-18+. The molecule has 7 heteroatoms. The summed E-state index contributed by atoms with van der Waals surface area (Å²) in [6.07, 6.45) is 1.77. The van der Waals surface area contributed by atoms with E-state index in [1.54, 1.807) is 30.4 Å². The number of methoxy groups -OCH3 is 3. The maximum absolute atomic E-state index is 13.7. The maximum Gasteiger partial charge on any atom is 0.330 e. The first-order valence-corrected chi connectivity index (χ1v) is 11.1. The minimum absolute atomic E-state index is 0.0333. The van der Waals surface area contributed by atoms with Crippen molar-refractivity contribution in [3.63, 3.8) is 0 Å². The van der Waals surface area contributed by atoms with Gasteiger partial charge in [0.15, 0.2) is 0 Å². The first-order valence-electron chi connectivity index (χ1n) is 11.1. The molecule has 0 amide bonds. The average molecular weight is 474 g/mol. The molecule has 0 N–H and O–H groups in total. The molecular weight excluding hydrogens is 446 g/mol. The van der Waals surface area contributed by atoms with Crippen LogP contribution in [0.4, 0.5) is 5.69 Å². The number of hydrogen-bond acceptors (Lipinski definition) is 7. The number of ether oxygens (including phenoxy) is 3. The normalized spacial score (nSPS) is 18.1. The number of rotatable bonds is 6. The second-order valence-corrected chi connectivity index (χ2v) is 7.98. The Bertz CT molecular complexity index is 1180. The quantitative estimate of drug-likeness (QED) is 0.383. The summed E-state index contributed by atoms with van der Waals surface area (Å²) < 4.78 is 15.8. The van der Waals surface area contributed by atoms with Gasteiger partial charge in [-0.25, -0.2) is 5.06 Å². The summed E-state index contributed by atoms with van der Waals surface area (Å²) in [5.41, 5.74) is 0.720. The van der Waals surface area contributed by atoms with Crippen molar-refractivity contribution in [1.29, 1.82) is 0 Å². The second kappa shape index (κ2) is 10.4. The molecule has 1 unspecified atom stereocenters. The minimum atomic E-state index is -1.83. The molecule has 0 aliphatic carbocycles. The highest BCUT2D eigenvalue weighted by Crippen LogP contribution is 2.51. The third-order valence-corrected chi connectivity index (χ3v) is 6.11. The van der Waals surface area contributed by atoms with Crippen LogP contribution in [0.1, 0.15) is 17.2 Å². The number of carbonyl (C=O) groups is 2. The predicted octanol–water partition coefficient (Wildman–Crippen LogP) is 4.60. The molecule has 180 valence electrons. The van der Waals surface area contributed by atoms with Crippen LogP contribution >= 0.6 is 0 Å². The van der Waals surface area contributed by atoms with Crippen LogP contribution in [0.3, 0.4) is 0 Å². The molecule has 1 saturated heterocycles. The number of benzene rings is 3. The molecule has 0 aromatic heterocycles. The first-order chi connectivity index (χ1) is 17.1. The van der Waals surface area contributed by atoms with E-state index < -0.39 is 23.4 Å². The zero-order chi connectivity index (χ0) is 24.8. The molecule has 35 heavy (non-hydrogen) atoms. The van der Waals surface area contributed by atoms with Crippen molar-refractivity contribution < 1.29 is 28.6 Å². The molecule has 3 aromatic rings. The molecule has 1 heterocycles. The molecule has 1 aliphatic heterocycles. The molecule has 0 saturated carbocycles. The molecule has 1 aliphatic rings. The molecule has 1 atom stereocenters. The third-order valence-electron chi connectivity index (χ3n) is 6.11. The van der Waals surface area contributed by atoms with Crippen molar-refractivity contribution in [2.45, 2.75) is 6.04 Å². The van der Waals surface area contributed by atoms with Gasteiger partial charge in [-0.1, -0.05) is 66.7 Å². The topological polar surface area (TPSA) is 74.3 Å². The number of carbonyl (C=O) groups excluding carboxylic acids is 2. The van der Waals surface area contributed by atoms with E-state index in [1.807, 2.05) is 72.8 Å². The summed E-state index contributed by atoms with van der Waals surface area (Å²) in [6.45, 7) is -0.0333. The summed E-state index contributed by atoms with van der Waals surface area (Å²) in [5.74, 6) is -0.777. The van der Waals surface area contributed by atoms with Gasteiger partial charge in [0.2, 0.25) is 5.41 Å². The van der Waals surface area contributed by atoms with E-state index in [0.29, 0.717) is 22.6 Å². The molecule has 3 aromatic carbocycles. The maximum atomic E-state index is 13.7. The van der Waals surface area contributed by atoms with Crippen LogP contribution in [-0.2, 0) is 23.9 Å². The van der Waals surface area contributed by atoms with Crippen LogP contribution in [0.15, 0.2) is 90.5 Å². The van der Waals surface area contributed by atoms with Crippen molar-refractivity contribution in [3.8, 4) is 5.75 Å². The molecule has 7 nitrogen and oxygen atoms in total. The monoisotopic (exact) mass is 473 g/mol. The highest BCUT2D eigenvalue weighted by molar-refractivity contribution is 6.06. The van der Waals surface area contributed by atoms with Crippen molar-refractivity contribution in [3.05, 3.63) is 102 Å². The number of hydrogen-bond donors (Lipinski definition) is 0. The van der Waals surface area contributed by atoms with Gasteiger partial charge in [-0.2, -0.15) is 0 Å². The zero-order valence-electron chi connectivity index (χ0n) is 19.8. The fourth-order valence-electron chi connectivity index (χ4n) is 4.45. The number of nitrogens with zero attached hydrogens (tertiary/aromatic N) is 1. The van der Waals surface area contributed by atoms with Crippen LogP contribution in [0.25, 0.3) is 6.08 Å². The Morgan fingerprint density at radius 1 is 0.857 bits per heavy atom. The summed E-state index contributed by atoms with van der Waals surface area (Å²) in [5, 5.41) is 1.59. The van der Waals surface area contributed by atoms with Gasteiger partial charge in [0.05, 0.1) is 33.6 Å². The van der Waals surface area contributed by atoms with E-state index >= 15 is 0 Å². The SMILES string of the molecule is COC(=O)C1(C(=O)OC)/C(=C/c2ccc(OC)cc2)CON(c2ccccc2)C1c1ccccc1. The van der Waals surface area contributed by atoms with Gasteiger partial charge < -0.3 is 14.2 Å². The van der Waals surface area contributed by atoms with Crippen LogP contribution in [0.5, 0.6) is 5.75 Å². The van der Waals surface area contributed by atoms with Gasteiger partial charge in [0.25, 0.3) is 0 Å². The second-order valence-electron chi connectivity index (χ2n) is 7.98. The van der Waals surface area contributed by atoms with Gasteiger partial charge in [-0.05, 0) is 41.0 Å². The Labute approximate surface area is 204 Å². The Balaban J connectivity index is 1.99. The lowest BCUT2D eigenvalue weighted by molar-refractivity contribution is -0.173. The summed E-state index contributed by atoms with van der Waals surface area (Å²) in [7, 11) is 4.12. The first kappa shape index (κ1) is 24.0. The zero-order valence-corrected chi connectivity index (χ0v) is 19.8. The summed E-state index contributed by atoms with van der Waals surface area (Å²) >= 11 is 0. The van der Waals surface area contributed by atoms with Crippen LogP contribution < -0.4 is 9.80 Å². The van der Waals surface area contributed by atoms with E-state index in [4.69, 9.17) is 19.0 Å². The van der Waals surface area contributed by atoms with E-state index in [9.17, 15) is 9.59 Å². The van der Waals surface area contributed by atoms with Gasteiger partial charge in [0.1, 0.15) is 11.8 Å². The molecular formula is C28H27NO6. The predicted molar refractivity (Wildman–Crippen MR) is 131 cm³/mol. The summed E-state index contributed by atoms with van der Waals surface area (Å²) in [4.78, 5) is 33.6. The number of anilines is 1. The third kappa shape index (κ3) is 4.38. The van der Waals surface area contributed by atoms with Crippen molar-refractivity contribution >= 4 is 23.7 Å². The van der Waals surface area contributed by atoms with E-state index in [1.165, 1.54) is 14.2 Å². The van der Waals surface area contributed by atoms with Gasteiger partial charge in [-0.3, -0.25) is 14.4 Å². The van der Waals surface area contributed by atoms with Gasteiger partial charge in [0, 0.05) is 0 Å². The molecule has 0 radical (unpaired) electrons. The van der Waals surface area contributed by atoms with E-state index in [2.05, 4.69) is 0 Å². The fourth-order valence-corrected chi connectivity index (χ4v) is 4.45. The lowest BCUT2D eigenvalue weighted by Crippen LogP contribution is -2.57. The van der Waals surface area contributed by atoms with Gasteiger partial charge in [-0.15, -0.1) is 0 Å². The smallest absolute Gasteiger partial charge is 0.330 e. The van der Waals surface area contributed by atoms with Crippen molar-refractivity contribution in [2.24, 2.45) is 5.41 Å². The lowest BCUT2D eigenvalue weighted by atomic mass is 9.69. The van der Waals surface area contributed by atoms with Crippen molar-refractivity contribution in [1.82, 2.24) is 0 Å². The molecule has 1 fully saturated rings. The summed E-state index contributed by atoms with van der Waals surface area (Å²) in [6, 6.07) is 25.0. The molecule has 4 rings (SSSR count). The van der Waals surface area contributed by atoms with Crippen LogP contribution in [0, 0.1) is 5.41 Å². The largest absolute Gasteiger partial charge is 0.497 e. The highest BCUT2D eigenvalue weighted by Gasteiger charge is 2.62. The van der Waals surface area contributed by atoms with E-state index in [0.717, 1.165) is 5.56 Å². The Hall–Kier alpha value is -4.10. The fraction of sp³-hybridized carbons (Fsp3) is 0.214. The number of para-hydroxylation sites is 1. The average Bonchev–Trinajstić information content (AvgIpc) is 2.93. The molecule has 0 spiro atoms. The van der Waals surface area contributed by atoms with Crippen LogP contribution in [-0.4, -0.2) is 39.9 Å². The van der Waals surface area contributed by atoms with Crippen molar-refractivity contribution in [2.75, 3.05) is 33.0 Å². The lowest BCUT2D eigenvalue weighted by Gasteiger charge is -2.47. The van der Waals surface area contributed by atoms with E-state index in [-0.39, 0.29) is 6.61 Å².